The van der Waals surface area contributed by atoms with Crippen molar-refractivity contribution in [2.45, 2.75) is 18.9 Å². The van der Waals surface area contributed by atoms with E-state index in [1.54, 1.807) is 12.3 Å². The van der Waals surface area contributed by atoms with Crippen molar-refractivity contribution in [3.8, 4) is 0 Å². The summed E-state index contributed by atoms with van der Waals surface area (Å²) in [6.07, 6.45) is 1.84. The highest BCUT2D eigenvalue weighted by molar-refractivity contribution is 5.77. The SMILES string of the molecule is COCC(O)CCNC(=O)Cc1ccn[nH]1. The molecular formula is C10H17N3O3. The number of hydrogen-bond acceptors (Lipinski definition) is 4. The van der Waals surface area contributed by atoms with Crippen molar-refractivity contribution in [3.05, 3.63) is 18.0 Å². The summed E-state index contributed by atoms with van der Waals surface area (Å²) in [6.45, 7) is 0.730. The molecule has 0 aliphatic carbocycles. The topological polar surface area (TPSA) is 87.2 Å². The maximum absolute atomic E-state index is 11.4. The number of aromatic amines is 1. The largest absolute Gasteiger partial charge is 0.391 e. The second-order valence-corrected chi connectivity index (χ2v) is 3.51. The van der Waals surface area contributed by atoms with E-state index in [1.807, 2.05) is 0 Å². The van der Waals surface area contributed by atoms with Gasteiger partial charge in [-0.3, -0.25) is 9.89 Å². The number of hydrogen-bond donors (Lipinski definition) is 3. The zero-order valence-electron chi connectivity index (χ0n) is 9.27. The van der Waals surface area contributed by atoms with Crippen LogP contribution in [0.2, 0.25) is 0 Å². The van der Waals surface area contributed by atoms with Crippen LogP contribution in [-0.4, -0.2) is 47.6 Å². The molecule has 0 bridgehead atoms. The predicted octanol–water partition coefficient (Wildman–Crippen LogP) is -0.534. The summed E-state index contributed by atoms with van der Waals surface area (Å²) >= 11 is 0. The minimum Gasteiger partial charge on any atom is -0.391 e. The first-order valence-electron chi connectivity index (χ1n) is 5.14. The number of methoxy groups -OCH3 is 1. The molecular weight excluding hydrogens is 210 g/mol. The van der Waals surface area contributed by atoms with E-state index in [0.717, 1.165) is 5.69 Å². The van der Waals surface area contributed by atoms with Gasteiger partial charge < -0.3 is 15.2 Å². The standard InChI is InChI=1S/C10H17N3O3/c1-16-7-9(14)3-4-11-10(15)6-8-2-5-12-13-8/h2,5,9,14H,3-4,6-7H2,1H3,(H,11,15)(H,12,13). The number of carbonyl (C=O) groups is 1. The Labute approximate surface area is 94.0 Å². The molecule has 1 rings (SSSR count). The summed E-state index contributed by atoms with van der Waals surface area (Å²) in [5.41, 5.74) is 0.773. The first-order chi connectivity index (χ1) is 7.72. The van der Waals surface area contributed by atoms with E-state index in [-0.39, 0.29) is 18.9 Å². The molecule has 0 aromatic carbocycles. The van der Waals surface area contributed by atoms with Gasteiger partial charge in [-0.05, 0) is 12.5 Å². The minimum absolute atomic E-state index is 0.0890. The van der Waals surface area contributed by atoms with Gasteiger partial charge >= 0.3 is 0 Å². The number of carbonyl (C=O) groups excluding carboxylic acids is 1. The third kappa shape index (κ3) is 4.90. The summed E-state index contributed by atoms with van der Waals surface area (Å²) in [5.74, 6) is -0.0890. The number of ether oxygens (including phenoxy) is 1. The summed E-state index contributed by atoms with van der Waals surface area (Å²) < 4.78 is 4.77. The number of aliphatic hydroxyl groups excluding tert-OH is 1. The summed E-state index contributed by atoms with van der Waals surface area (Å²) in [7, 11) is 1.53. The quantitative estimate of drug-likeness (QED) is 0.584. The molecule has 1 heterocycles. The smallest absolute Gasteiger partial charge is 0.225 e. The monoisotopic (exact) mass is 227 g/mol. The van der Waals surface area contributed by atoms with Gasteiger partial charge in [0, 0.05) is 25.5 Å². The molecule has 1 amide bonds. The zero-order chi connectivity index (χ0) is 11.8. The number of aliphatic hydroxyl groups is 1. The van der Waals surface area contributed by atoms with Crippen molar-refractivity contribution in [1.82, 2.24) is 15.5 Å². The van der Waals surface area contributed by atoms with Crippen LogP contribution in [0.4, 0.5) is 0 Å². The van der Waals surface area contributed by atoms with Crippen molar-refractivity contribution in [2.75, 3.05) is 20.3 Å². The van der Waals surface area contributed by atoms with Crippen molar-refractivity contribution in [1.29, 1.82) is 0 Å². The fourth-order valence-electron chi connectivity index (χ4n) is 1.27. The molecule has 0 saturated heterocycles. The van der Waals surface area contributed by atoms with E-state index < -0.39 is 6.10 Å². The van der Waals surface area contributed by atoms with Crippen LogP contribution < -0.4 is 5.32 Å². The van der Waals surface area contributed by atoms with Crippen LogP contribution in [-0.2, 0) is 16.0 Å². The van der Waals surface area contributed by atoms with Crippen molar-refractivity contribution in [2.24, 2.45) is 0 Å². The van der Waals surface area contributed by atoms with Crippen LogP contribution >= 0.6 is 0 Å². The average Bonchev–Trinajstić information content (AvgIpc) is 2.70. The van der Waals surface area contributed by atoms with Gasteiger partial charge in [0.05, 0.1) is 19.1 Å². The molecule has 90 valence electrons. The fourth-order valence-corrected chi connectivity index (χ4v) is 1.27. The Hall–Kier alpha value is -1.40. The summed E-state index contributed by atoms with van der Waals surface area (Å²) in [6, 6.07) is 1.75. The molecule has 16 heavy (non-hydrogen) atoms. The number of aromatic nitrogens is 2. The molecule has 1 atom stereocenters. The molecule has 0 fully saturated rings. The van der Waals surface area contributed by atoms with E-state index >= 15 is 0 Å². The molecule has 3 N–H and O–H groups in total. The third-order valence-electron chi connectivity index (χ3n) is 2.07. The summed E-state index contributed by atoms with van der Waals surface area (Å²) in [5, 5.41) is 18.5. The first kappa shape index (κ1) is 12.7. The highest BCUT2D eigenvalue weighted by Crippen LogP contribution is 1.94. The molecule has 1 aromatic heterocycles. The Morgan fingerprint density at radius 3 is 3.19 bits per heavy atom. The Morgan fingerprint density at radius 1 is 1.75 bits per heavy atom. The van der Waals surface area contributed by atoms with Crippen LogP contribution in [0.1, 0.15) is 12.1 Å². The molecule has 0 saturated carbocycles. The van der Waals surface area contributed by atoms with Gasteiger partial charge in [0.15, 0.2) is 0 Å². The molecule has 1 unspecified atom stereocenters. The molecule has 0 radical (unpaired) electrons. The van der Waals surface area contributed by atoms with Crippen molar-refractivity contribution in [3.63, 3.8) is 0 Å². The highest BCUT2D eigenvalue weighted by atomic mass is 16.5. The Kier molecular flexibility index (Phi) is 5.52. The highest BCUT2D eigenvalue weighted by Gasteiger charge is 2.06. The van der Waals surface area contributed by atoms with E-state index in [2.05, 4.69) is 15.5 Å². The van der Waals surface area contributed by atoms with E-state index in [9.17, 15) is 9.90 Å². The van der Waals surface area contributed by atoms with Crippen molar-refractivity contribution >= 4 is 5.91 Å². The maximum Gasteiger partial charge on any atom is 0.225 e. The molecule has 0 aliphatic heterocycles. The number of H-pyrrole nitrogens is 1. The average molecular weight is 227 g/mol. The van der Waals surface area contributed by atoms with Crippen LogP contribution in [0.5, 0.6) is 0 Å². The molecule has 0 aliphatic rings. The summed E-state index contributed by atoms with van der Waals surface area (Å²) in [4.78, 5) is 11.4. The zero-order valence-corrected chi connectivity index (χ0v) is 9.27. The van der Waals surface area contributed by atoms with Crippen LogP contribution in [0.15, 0.2) is 12.3 Å². The Bertz CT molecular complexity index is 300. The molecule has 1 aromatic rings. The van der Waals surface area contributed by atoms with Crippen LogP contribution in [0.25, 0.3) is 0 Å². The van der Waals surface area contributed by atoms with Gasteiger partial charge in [-0.15, -0.1) is 0 Å². The van der Waals surface area contributed by atoms with Crippen LogP contribution in [0.3, 0.4) is 0 Å². The van der Waals surface area contributed by atoms with Gasteiger partial charge in [0.1, 0.15) is 0 Å². The molecule has 0 spiro atoms. The maximum atomic E-state index is 11.4. The normalized spacial score (nSPS) is 12.4. The second kappa shape index (κ2) is 6.97. The number of nitrogens with zero attached hydrogens (tertiary/aromatic N) is 1. The Morgan fingerprint density at radius 2 is 2.56 bits per heavy atom. The predicted molar refractivity (Wildman–Crippen MR) is 57.8 cm³/mol. The lowest BCUT2D eigenvalue weighted by molar-refractivity contribution is -0.120. The minimum atomic E-state index is -0.530. The first-order valence-corrected chi connectivity index (χ1v) is 5.14. The lowest BCUT2D eigenvalue weighted by Crippen LogP contribution is -2.29. The third-order valence-corrected chi connectivity index (χ3v) is 2.07. The van der Waals surface area contributed by atoms with Crippen molar-refractivity contribution < 1.29 is 14.6 Å². The number of amides is 1. The molecule has 6 nitrogen and oxygen atoms in total. The van der Waals surface area contributed by atoms with Gasteiger partial charge in [0.25, 0.3) is 0 Å². The van der Waals surface area contributed by atoms with E-state index in [0.29, 0.717) is 13.0 Å². The van der Waals surface area contributed by atoms with Gasteiger partial charge in [-0.2, -0.15) is 5.10 Å². The second-order valence-electron chi connectivity index (χ2n) is 3.51. The van der Waals surface area contributed by atoms with Gasteiger partial charge in [0.2, 0.25) is 5.91 Å². The Balaban J connectivity index is 2.11. The lowest BCUT2D eigenvalue weighted by atomic mass is 10.2. The van der Waals surface area contributed by atoms with E-state index in [1.165, 1.54) is 7.11 Å². The molecule has 6 heteroatoms. The van der Waals surface area contributed by atoms with Crippen LogP contribution in [0, 0.1) is 0 Å². The lowest BCUT2D eigenvalue weighted by Gasteiger charge is -2.09. The van der Waals surface area contributed by atoms with Gasteiger partial charge in [-0.1, -0.05) is 0 Å². The van der Waals surface area contributed by atoms with Gasteiger partial charge in [-0.25, -0.2) is 0 Å². The fraction of sp³-hybridized carbons (Fsp3) is 0.600. The van der Waals surface area contributed by atoms with E-state index in [4.69, 9.17) is 4.74 Å². The number of rotatable bonds is 7. The number of nitrogens with one attached hydrogen (secondary N) is 2.